The number of nitrogens with one attached hydrogen (secondary N) is 1. The molecule has 0 aliphatic heterocycles. The molecule has 0 aliphatic rings. The Hall–Kier alpha value is -2.37. The molecule has 0 radical (unpaired) electrons. The third kappa shape index (κ3) is 2.79. The number of carbonyl (C=O) groups excluding carboxylic acids is 1. The molecule has 0 fully saturated rings. The summed E-state index contributed by atoms with van der Waals surface area (Å²) in [6, 6.07) is 2.38. The Labute approximate surface area is 116 Å². The van der Waals surface area contributed by atoms with Crippen molar-refractivity contribution < 1.29 is 14.7 Å². The number of aromatic nitrogens is 2. The Morgan fingerprint density at radius 2 is 2.10 bits per heavy atom. The number of carboxylic acids is 1. The van der Waals surface area contributed by atoms with E-state index in [1.807, 2.05) is 17.5 Å². The minimum absolute atomic E-state index is 0.186. The van der Waals surface area contributed by atoms with Gasteiger partial charge in [-0.2, -0.15) is 0 Å². The molecule has 20 heavy (non-hydrogen) atoms. The average Bonchev–Trinajstić information content (AvgIpc) is 2.73. The highest BCUT2D eigenvalue weighted by Crippen LogP contribution is 2.09. The van der Waals surface area contributed by atoms with Crippen LogP contribution in [0, 0.1) is 12.8 Å². The van der Waals surface area contributed by atoms with E-state index in [1.165, 1.54) is 0 Å². The van der Waals surface area contributed by atoms with E-state index >= 15 is 0 Å². The van der Waals surface area contributed by atoms with Crippen LogP contribution in [0.5, 0.6) is 0 Å². The Morgan fingerprint density at radius 1 is 1.40 bits per heavy atom. The first kappa shape index (κ1) is 14.0. The van der Waals surface area contributed by atoms with E-state index in [1.54, 1.807) is 32.2 Å². The number of hydrogen-bond donors (Lipinski definition) is 2. The van der Waals surface area contributed by atoms with Crippen molar-refractivity contribution >= 4 is 17.5 Å². The molecule has 1 atom stereocenters. The van der Waals surface area contributed by atoms with E-state index in [-0.39, 0.29) is 5.92 Å². The maximum atomic E-state index is 12.1. The van der Waals surface area contributed by atoms with Gasteiger partial charge in [0, 0.05) is 18.0 Å². The van der Waals surface area contributed by atoms with Gasteiger partial charge >= 0.3 is 5.97 Å². The van der Waals surface area contributed by atoms with Crippen molar-refractivity contribution in [3.8, 4) is 0 Å². The highest BCUT2D eigenvalue weighted by atomic mass is 16.4. The van der Waals surface area contributed by atoms with Crippen molar-refractivity contribution in [3.63, 3.8) is 0 Å². The summed E-state index contributed by atoms with van der Waals surface area (Å²) in [6.07, 6.45) is 3.58. The monoisotopic (exact) mass is 275 g/mol. The van der Waals surface area contributed by atoms with Gasteiger partial charge in [0.25, 0.3) is 5.91 Å². The normalized spacial score (nSPS) is 12.6. The van der Waals surface area contributed by atoms with Crippen molar-refractivity contribution in [1.82, 2.24) is 14.7 Å². The van der Waals surface area contributed by atoms with Gasteiger partial charge in [-0.3, -0.25) is 4.79 Å². The summed E-state index contributed by atoms with van der Waals surface area (Å²) < 4.78 is 1.81. The zero-order chi connectivity index (χ0) is 14.9. The number of carbonyl (C=O) groups is 2. The molecular formula is C14H17N3O3. The molecule has 0 aromatic carbocycles. The van der Waals surface area contributed by atoms with Crippen LogP contribution < -0.4 is 5.32 Å². The third-order valence-electron chi connectivity index (χ3n) is 3.06. The number of nitrogens with zero attached hydrogens (tertiary/aromatic N) is 2. The number of imidazole rings is 1. The zero-order valence-electron chi connectivity index (χ0n) is 11.6. The molecule has 1 amide bonds. The minimum Gasteiger partial charge on any atom is -0.480 e. The molecule has 0 spiro atoms. The SMILES string of the molecule is Cc1cn2ccc(C(=O)NC(C(=O)O)C(C)C)cc2n1. The number of aryl methyl sites for hydroxylation is 1. The van der Waals surface area contributed by atoms with Crippen molar-refractivity contribution in [1.29, 1.82) is 0 Å². The van der Waals surface area contributed by atoms with Crippen LogP contribution in [0.25, 0.3) is 5.65 Å². The lowest BCUT2D eigenvalue weighted by Gasteiger charge is -2.17. The number of amides is 1. The van der Waals surface area contributed by atoms with Gasteiger partial charge in [-0.05, 0) is 25.0 Å². The maximum absolute atomic E-state index is 12.1. The second-order valence-corrected chi connectivity index (χ2v) is 5.10. The van der Waals surface area contributed by atoms with E-state index in [0.29, 0.717) is 11.2 Å². The first-order valence-electron chi connectivity index (χ1n) is 6.37. The molecule has 6 heteroatoms. The lowest BCUT2D eigenvalue weighted by Crippen LogP contribution is -2.44. The molecule has 0 saturated carbocycles. The largest absolute Gasteiger partial charge is 0.480 e. The van der Waals surface area contributed by atoms with Crippen LogP contribution in [0.1, 0.15) is 29.9 Å². The van der Waals surface area contributed by atoms with Crippen LogP contribution in [0.3, 0.4) is 0 Å². The number of pyridine rings is 1. The van der Waals surface area contributed by atoms with Gasteiger partial charge < -0.3 is 14.8 Å². The molecule has 0 saturated heterocycles. The molecule has 2 heterocycles. The van der Waals surface area contributed by atoms with Crippen molar-refractivity contribution in [2.24, 2.45) is 5.92 Å². The average molecular weight is 275 g/mol. The predicted molar refractivity (Wildman–Crippen MR) is 73.7 cm³/mol. The van der Waals surface area contributed by atoms with E-state index in [2.05, 4.69) is 10.3 Å². The topological polar surface area (TPSA) is 83.7 Å². The standard InChI is InChI=1S/C14H17N3O3/c1-8(2)12(14(19)20)16-13(18)10-4-5-17-7-9(3)15-11(17)6-10/h4-8,12H,1-3H3,(H,16,18)(H,19,20). The van der Waals surface area contributed by atoms with E-state index in [4.69, 9.17) is 5.11 Å². The van der Waals surface area contributed by atoms with E-state index < -0.39 is 17.9 Å². The second kappa shape index (κ2) is 5.32. The molecule has 2 aromatic rings. The molecule has 106 valence electrons. The fourth-order valence-electron chi connectivity index (χ4n) is 1.99. The number of aliphatic carboxylic acids is 1. The summed E-state index contributed by atoms with van der Waals surface area (Å²) >= 11 is 0. The van der Waals surface area contributed by atoms with Gasteiger partial charge in [0.15, 0.2) is 0 Å². The molecule has 2 rings (SSSR count). The molecular weight excluding hydrogens is 258 g/mol. The lowest BCUT2D eigenvalue weighted by molar-refractivity contribution is -0.140. The van der Waals surface area contributed by atoms with Gasteiger partial charge in [-0.1, -0.05) is 13.8 Å². The van der Waals surface area contributed by atoms with Gasteiger partial charge in [-0.25, -0.2) is 9.78 Å². The Morgan fingerprint density at radius 3 is 2.70 bits per heavy atom. The van der Waals surface area contributed by atoms with Crippen LogP contribution in [0.2, 0.25) is 0 Å². The Bertz CT molecular complexity index is 661. The Balaban J connectivity index is 2.24. The lowest BCUT2D eigenvalue weighted by atomic mass is 10.0. The van der Waals surface area contributed by atoms with E-state index in [0.717, 1.165) is 5.69 Å². The molecule has 6 nitrogen and oxygen atoms in total. The first-order valence-corrected chi connectivity index (χ1v) is 6.37. The molecule has 0 bridgehead atoms. The molecule has 2 N–H and O–H groups in total. The zero-order valence-corrected chi connectivity index (χ0v) is 11.6. The third-order valence-corrected chi connectivity index (χ3v) is 3.06. The number of hydrogen-bond acceptors (Lipinski definition) is 3. The Kier molecular flexibility index (Phi) is 3.74. The quantitative estimate of drug-likeness (QED) is 0.885. The van der Waals surface area contributed by atoms with Gasteiger partial charge in [0.1, 0.15) is 11.7 Å². The highest BCUT2D eigenvalue weighted by molar-refractivity contribution is 5.97. The van der Waals surface area contributed by atoms with Gasteiger partial charge in [-0.15, -0.1) is 0 Å². The summed E-state index contributed by atoms with van der Waals surface area (Å²) in [5, 5.41) is 11.6. The summed E-state index contributed by atoms with van der Waals surface area (Å²) in [7, 11) is 0. The van der Waals surface area contributed by atoms with Gasteiger partial charge in [0.05, 0.1) is 5.69 Å². The summed E-state index contributed by atoms with van der Waals surface area (Å²) in [5.41, 5.74) is 1.91. The first-order chi connectivity index (χ1) is 9.38. The summed E-state index contributed by atoms with van der Waals surface area (Å²) in [5.74, 6) is -1.63. The smallest absolute Gasteiger partial charge is 0.326 e. The minimum atomic E-state index is -1.04. The van der Waals surface area contributed by atoms with Crippen LogP contribution in [0.4, 0.5) is 0 Å². The molecule has 0 aliphatic carbocycles. The highest BCUT2D eigenvalue weighted by Gasteiger charge is 2.24. The van der Waals surface area contributed by atoms with Gasteiger partial charge in [0.2, 0.25) is 0 Å². The predicted octanol–water partition coefficient (Wildman–Crippen LogP) is 1.48. The fourth-order valence-corrected chi connectivity index (χ4v) is 1.99. The number of carboxylic acid groups (broad SMARTS) is 1. The van der Waals surface area contributed by atoms with Crippen LogP contribution in [-0.2, 0) is 4.79 Å². The summed E-state index contributed by atoms with van der Waals surface area (Å²) in [4.78, 5) is 27.5. The van der Waals surface area contributed by atoms with Crippen molar-refractivity contribution in [2.45, 2.75) is 26.8 Å². The fraction of sp³-hybridized carbons (Fsp3) is 0.357. The maximum Gasteiger partial charge on any atom is 0.326 e. The van der Waals surface area contributed by atoms with E-state index in [9.17, 15) is 9.59 Å². The number of rotatable bonds is 4. The second-order valence-electron chi connectivity index (χ2n) is 5.10. The molecule has 2 aromatic heterocycles. The van der Waals surface area contributed by atoms with Crippen LogP contribution in [-0.4, -0.2) is 32.4 Å². The van der Waals surface area contributed by atoms with Crippen LogP contribution in [0.15, 0.2) is 24.5 Å². The van der Waals surface area contributed by atoms with Crippen molar-refractivity contribution in [3.05, 3.63) is 35.8 Å². The van der Waals surface area contributed by atoms with Crippen molar-refractivity contribution in [2.75, 3.05) is 0 Å². The summed E-state index contributed by atoms with van der Waals surface area (Å²) in [6.45, 7) is 5.37. The van der Waals surface area contributed by atoms with Crippen LogP contribution >= 0.6 is 0 Å². The number of fused-ring (bicyclic) bond motifs is 1. The molecule has 1 unspecified atom stereocenters.